The number of hydrogen-bond acceptors (Lipinski definition) is 8. The van der Waals surface area contributed by atoms with Gasteiger partial charge in [-0.3, -0.25) is 4.79 Å². The molecule has 154 valence electrons. The summed E-state index contributed by atoms with van der Waals surface area (Å²) in [7, 11) is 2.79. The summed E-state index contributed by atoms with van der Waals surface area (Å²) in [6.07, 6.45) is 1.86. The Morgan fingerprint density at radius 1 is 1.11 bits per heavy atom. The zero-order chi connectivity index (χ0) is 19.8. The van der Waals surface area contributed by atoms with Crippen molar-refractivity contribution in [3.05, 3.63) is 0 Å². The number of methoxy groups -OCH3 is 2. The third-order valence-corrected chi connectivity index (χ3v) is 5.22. The molecule has 0 aromatic heterocycles. The van der Waals surface area contributed by atoms with Gasteiger partial charge in [0.25, 0.3) is 5.91 Å². The zero-order valence-corrected chi connectivity index (χ0v) is 16.0. The van der Waals surface area contributed by atoms with Crippen LogP contribution < -0.4 is 5.32 Å². The highest BCUT2D eigenvalue weighted by atomic mass is 16.6. The van der Waals surface area contributed by atoms with Crippen LogP contribution in [0.3, 0.4) is 0 Å². The number of nitrogens with one attached hydrogen (secondary N) is 1. The van der Waals surface area contributed by atoms with Gasteiger partial charge in [0, 0.05) is 20.8 Å². The Balaban J connectivity index is 1.85. The van der Waals surface area contributed by atoms with E-state index < -0.39 is 30.2 Å². The molecule has 2 saturated heterocycles. The van der Waals surface area contributed by atoms with Crippen LogP contribution >= 0.6 is 0 Å². The lowest BCUT2D eigenvalue weighted by atomic mass is 10.1. The summed E-state index contributed by atoms with van der Waals surface area (Å²) in [6, 6.07) is -0.639. The van der Waals surface area contributed by atoms with Gasteiger partial charge < -0.3 is 29.5 Å². The standard InChI is InChI=1S/C18H30N2O7/c1-25-14(16(22)20-10-4-5-12(20)11-21)7-8-15(26-2)18(24)27-17(23)13-6-3-9-19-13/h12-15,19,21H,3-11H2,1-2H3/t12?,13?,14-,15-/m0/s1. The van der Waals surface area contributed by atoms with Gasteiger partial charge in [0.1, 0.15) is 12.1 Å². The average molecular weight is 386 g/mol. The summed E-state index contributed by atoms with van der Waals surface area (Å²) in [5.74, 6) is -1.56. The number of amides is 1. The molecule has 2 fully saturated rings. The molecule has 2 N–H and O–H groups in total. The van der Waals surface area contributed by atoms with Crippen LogP contribution in [0.1, 0.15) is 38.5 Å². The molecule has 2 rings (SSSR count). The fourth-order valence-corrected chi connectivity index (χ4v) is 3.60. The van der Waals surface area contributed by atoms with E-state index in [-0.39, 0.29) is 31.4 Å². The number of likely N-dealkylation sites (tertiary alicyclic amines) is 1. The highest BCUT2D eigenvalue weighted by Gasteiger charge is 2.34. The molecule has 2 aliphatic rings. The summed E-state index contributed by atoms with van der Waals surface area (Å²) in [6.45, 7) is 1.24. The Labute approximate surface area is 159 Å². The molecule has 0 aliphatic carbocycles. The number of aliphatic hydroxyl groups is 1. The van der Waals surface area contributed by atoms with Crippen LogP contribution in [0.5, 0.6) is 0 Å². The number of esters is 2. The molecule has 9 nitrogen and oxygen atoms in total. The summed E-state index contributed by atoms with van der Waals surface area (Å²) < 4.78 is 15.4. The molecule has 27 heavy (non-hydrogen) atoms. The highest BCUT2D eigenvalue weighted by Crippen LogP contribution is 2.20. The van der Waals surface area contributed by atoms with E-state index in [9.17, 15) is 19.5 Å². The maximum Gasteiger partial charge on any atom is 0.342 e. The first-order chi connectivity index (χ1) is 13.0. The number of carbonyl (C=O) groups is 3. The molecule has 9 heteroatoms. The van der Waals surface area contributed by atoms with E-state index in [0.29, 0.717) is 13.0 Å². The Morgan fingerprint density at radius 3 is 2.41 bits per heavy atom. The minimum Gasteiger partial charge on any atom is -0.394 e. The van der Waals surface area contributed by atoms with Crippen LogP contribution in [0.4, 0.5) is 0 Å². The van der Waals surface area contributed by atoms with Crippen molar-refractivity contribution in [3.63, 3.8) is 0 Å². The van der Waals surface area contributed by atoms with E-state index in [1.54, 1.807) is 4.90 Å². The molecular formula is C18H30N2O7. The maximum absolute atomic E-state index is 12.6. The number of rotatable bonds is 9. The van der Waals surface area contributed by atoms with Crippen molar-refractivity contribution >= 4 is 17.8 Å². The number of nitrogens with zero attached hydrogens (tertiary/aromatic N) is 1. The monoisotopic (exact) mass is 386 g/mol. The fraction of sp³-hybridized carbons (Fsp3) is 0.833. The van der Waals surface area contributed by atoms with Gasteiger partial charge >= 0.3 is 11.9 Å². The van der Waals surface area contributed by atoms with Crippen molar-refractivity contribution in [1.82, 2.24) is 10.2 Å². The fourth-order valence-electron chi connectivity index (χ4n) is 3.60. The Kier molecular flexibility index (Phi) is 8.62. The quantitative estimate of drug-likeness (QED) is 0.406. The van der Waals surface area contributed by atoms with Crippen LogP contribution in [0, 0.1) is 0 Å². The van der Waals surface area contributed by atoms with Crippen LogP contribution in [-0.4, -0.2) is 86.1 Å². The van der Waals surface area contributed by atoms with Gasteiger partial charge in [-0.15, -0.1) is 0 Å². The van der Waals surface area contributed by atoms with E-state index >= 15 is 0 Å². The van der Waals surface area contributed by atoms with E-state index in [2.05, 4.69) is 5.32 Å². The lowest BCUT2D eigenvalue weighted by Gasteiger charge is -2.27. The van der Waals surface area contributed by atoms with Gasteiger partial charge in [0.15, 0.2) is 6.10 Å². The van der Waals surface area contributed by atoms with Crippen molar-refractivity contribution in [3.8, 4) is 0 Å². The first-order valence-corrected chi connectivity index (χ1v) is 9.47. The second-order valence-electron chi connectivity index (χ2n) is 6.93. The van der Waals surface area contributed by atoms with Crippen LogP contribution in [0.15, 0.2) is 0 Å². The van der Waals surface area contributed by atoms with Gasteiger partial charge in [-0.05, 0) is 45.1 Å². The Morgan fingerprint density at radius 2 is 1.81 bits per heavy atom. The molecular weight excluding hydrogens is 356 g/mol. The van der Waals surface area contributed by atoms with E-state index in [0.717, 1.165) is 25.8 Å². The van der Waals surface area contributed by atoms with Crippen LogP contribution in [-0.2, 0) is 28.6 Å². The Bertz CT molecular complexity index is 522. The molecule has 0 aromatic carbocycles. The molecule has 2 aliphatic heterocycles. The number of hydrogen-bond donors (Lipinski definition) is 2. The third-order valence-electron chi connectivity index (χ3n) is 5.22. The second-order valence-corrected chi connectivity index (χ2v) is 6.93. The summed E-state index contributed by atoms with van der Waals surface area (Å²) >= 11 is 0. The molecule has 0 spiro atoms. The zero-order valence-electron chi connectivity index (χ0n) is 16.0. The predicted octanol–water partition coefficient (Wildman–Crippen LogP) is -0.398. The highest BCUT2D eigenvalue weighted by molar-refractivity contribution is 5.90. The van der Waals surface area contributed by atoms with Gasteiger partial charge in [-0.2, -0.15) is 0 Å². The van der Waals surface area contributed by atoms with Gasteiger partial charge in [-0.25, -0.2) is 9.59 Å². The molecule has 2 unspecified atom stereocenters. The summed E-state index contributed by atoms with van der Waals surface area (Å²) in [5.41, 5.74) is 0. The van der Waals surface area contributed by atoms with Crippen LogP contribution in [0.25, 0.3) is 0 Å². The summed E-state index contributed by atoms with van der Waals surface area (Å²) in [5, 5.41) is 12.4. The van der Waals surface area contributed by atoms with E-state index in [1.165, 1.54) is 14.2 Å². The van der Waals surface area contributed by atoms with Crippen molar-refractivity contribution in [2.24, 2.45) is 0 Å². The van der Waals surface area contributed by atoms with Crippen molar-refractivity contribution < 1.29 is 33.7 Å². The Hall–Kier alpha value is -1.55. The number of aliphatic hydroxyl groups excluding tert-OH is 1. The van der Waals surface area contributed by atoms with E-state index in [4.69, 9.17) is 14.2 Å². The smallest absolute Gasteiger partial charge is 0.342 e. The molecule has 1 amide bonds. The molecule has 2 heterocycles. The number of ether oxygens (including phenoxy) is 3. The van der Waals surface area contributed by atoms with Crippen molar-refractivity contribution in [2.45, 2.75) is 62.8 Å². The molecule has 0 aromatic rings. The first-order valence-electron chi connectivity index (χ1n) is 9.47. The molecule has 4 atom stereocenters. The van der Waals surface area contributed by atoms with Crippen LogP contribution in [0.2, 0.25) is 0 Å². The van der Waals surface area contributed by atoms with E-state index in [1.807, 2.05) is 0 Å². The molecule has 0 bridgehead atoms. The first kappa shape index (κ1) is 21.7. The minimum absolute atomic E-state index is 0.0769. The predicted molar refractivity (Wildman–Crippen MR) is 94.8 cm³/mol. The number of carbonyl (C=O) groups excluding carboxylic acids is 3. The molecule has 0 radical (unpaired) electrons. The maximum atomic E-state index is 12.6. The normalized spacial score (nSPS) is 24.6. The summed E-state index contributed by atoms with van der Waals surface area (Å²) in [4.78, 5) is 38.4. The second kappa shape index (κ2) is 10.7. The minimum atomic E-state index is -0.951. The third kappa shape index (κ3) is 5.71. The van der Waals surface area contributed by atoms with Crippen molar-refractivity contribution in [2.75, 3.05) is 33.9 Å². The lowest BCUT2D eigenvalue weighted by Crippen LogP contribution is -2.44. The molecule has 0 saturated carbocycles. The SMILES string of the molecule is CO[C@@H](CC[C@H](OC)C(=O)N1CCCC1CO)C(=O)OC(=O)C1CCCN1. The average Bonchev–Trinajstić information content (AvgIpc) is 3.36. The largest absolute Gasteiger partial charge is 0.394 e. The topological polar surface area (TPSA) is 114 Å². The van der Waals surface area contributed by atoms with Gasteiger partial charge in [-0.1, -0.05) is 0 Å². The van der Waals surface area contributed by atoms with Crippen molar-refractivity contribution in [1.29, 1.82) is 0 Å². The van der Waals surface area contributed by atoms with Gasteiger partial charge in [0.05, 0.1) is 12.6 Å². The lowest BCUT2D eigenvalue weighted by molar-refractivity contribution is -0.169. The van der Waals surface area contributed by atoms with Gasteiger partial charge in [0.2, 0.25) is 0 Å².